The van der Waals surface area contributed by atoms with Crippen molar-refractivity contribution in [3.63, 3.8) is 0 Å². The zero-order valence-electron chi connectivity index (χ0n) is 13.0. The van der Waals surface area contributed by atoms with Crippen molar-refractivity contribution in [3.8, 4) is 17.2 Å². The number of thioether (sulfide) groups is 1. The van der Waals surface area contributed by atoms with E-state index in [1.54, 1.807) is 14.0 Å². The van der Waals surface area contributed by atoms with Crippen molar-refractivity contribution in [2.45, 2.75) is 17.9 Å². The van der Waals surface area contributed by atoms with Gasteiger partial charge in [0.25, 0.3) is 5.22 Å². The van der Waals surface area contributed by atoms with Gasteiger partial charge in [-0.2, -0.15) is 0 Å². The van der Waals surface area contributed by atoms with Crippen LogP contribution in [0.3, 0.4) is 0 Å². The van der Waals surface area contributed by atoms with E-state index in [1.165, 1.54) is 17.8 Å². The van der Waals surface area contributed by atoms with Crippen LogP contribution in [0.25, 0.3) is 11.5 Å². The Bertz CT molecular complexity index is 854. The highest BCUT2D eigenvalue weighted by atomic mass is 32.2. The molecule has 0 aliphatic rings. The summed E-state index contributed by atoms with van der Waals surface area (Å²) in [6, 6.07) is 8.79. The first-order chi connectivity index (χ1) is 11.6. The van der Waals surface area contributed by atoms with Crippen LogP contribution >= 0.6 is 11.8 Å². The SMILES string of the molecule is COc1ccc(-c2nnc(SCc3cc(C(=O)O)c(C)o3)o2)cc1. The quantitative estimate of drug-likeness (QED) is 0.676. The van der Waals surface area contributed by atoms with Gasteiger partial charge in [0.2, 0.25) is 5.89 Å². The van der Waals surface area contributed by atoms with Gasteiger partial charge in [0.05, 0.1) is 12.9 Å². The van der Waals surface area contributed by atoms with Crippen LogP contribution in [0.2, 0.25) is 0 Å². The lowest BCUT2D eigenvalue weighted by Crippen LogP contribution is -1.94. The number of aromatic carboxylic acids is 1. The number of aryl methyl sites for hydroxylation is 1. The minimum Gasteiger partial charge on any atom is -0.497 e. The summed E-state index contributed by atoms with van der Waals surface area (Å²) in [5, 5.41) is 17.4. The van der Waals surface area contributed by atoms with Gasteiger partial charge < -0.3 is 18.7 Å². The van der Waals surface area contributed by atoms with Gasteiger partial charge in [0.1, 0.15) is 22.8 Å². The third kappa shape index (κ3) is 3.43. The van der Waals surface area contributed by atoms with Crippen molar-refractivity contribution in [3.05, 3.63) is 47.4 Å². The molecule has 124 valence electrons. The van der Waals surface area contributed by atoms with Crippen molar-refractivity contribution in [2.24, 2.45) is 0 Å². The van der Waals surface area contributed by atoms with E-state index in [0.29, 0.717) is 28.4 Å². The fraction of sp³-hybridized carbons (Fsp3) is 0.188. The van der Waals surface area contributed by atoms with Crippen LogP contribution in [0.15, 0.2) is 44.4 Å². The number of hydrogen-bond donors (Lipinski definition) is 1. The number of carboxylic acids is 1. The normalized spacial score (nSPS) is 10.8. The maximum absolute atomic E-state index is 11.0. The van der Waals surface area contributed by atoms with E-state index in [1.807, 2.05) is 24.3 Å². The Balaban J connectivity index is 1.67. The number of aromatic nitrogens is 2. The van der Waals surface area contributed by atoms with Gasteiger partial charge >= 0.3 is 5.97 Å². The van der Waals surface area contributed by atoms with Gasteiger partial charge in [0.15, 0.2) is 0 Å². The van der Waals surface area contributed by atoms with Gasteiger partial charge in [-0.25, -0.2) is 4.79 Å². The Morgan fingerprint density at radius 2 is 2.00 bits per heavy atom. The summed E-state index contributed by atoms with van der Waals surface area (Å²) in [6.45, 7) is 1.62. The van der Waals surface area contributed by atoms with Gasteiger partial charge in [-0.15, -0.1) is 10.2 Å². The summed E-state index contributed by atoms with van der Waals surface area (Å²) in [6.07, 6.45) is 0. The fourth-order valence-corrected chi connectivity index (χ4v) is 2.72. The smallest absolute Gasteiger partial charge is 0.339 e. The van der Waals surface area contributed by atoms with Crippen molar-refractivity contribution >= 4 is 17.7 Å². The molecule has 3 aromatic rings. The second-order valence-corrected chi connectivity index (χ2v) is 5.80. The molecule has 0 saturated carbocycles. The van der Waals surface area contributed by atoms with Gasteiger partial charge in [0, 0.05) is 5.56 Å². The van der Waals surface area contributed by atoms with E-state index in [9.17, 15) is 4.79 Å². The average Bonchev–Trinajstić information content (AvgIpc) is 3.19. The summed E-state index contributed by atoms with van der Waals surface area (Å²) >= 11 is 1.28. The fourth-order valence-electron chi connectivity index (χ4n) is 2.08. The Hall–Kier alpha value is -2.74. The number of nitrogens with zero attached hydrogens (tertiary/aromatic N) is 2. The maximum atomic E-state index is 11.0. The lowest BCUT2D eigenvalue weighted by Gasteiger charge is -1.99. The van der Waals surface area contributed by atoms with E-state index in [2.05, 4.69) is 10.2 Å². The molecule has 0 fully saturated rings. The first-order valence-electron chi connectivity index (χ1n) is 7.00. The predicted molar refractivity (Wildman–Crippen MR) is 86.3 cm³/mol. The molecule has 0 bridgehead atoms. The highest BCUT2D eigenvalue weighted by molar-refractivity contribution is 7.98. The summed E-state index contributed by atoms with van der Waals surface area (Å²) in [5.74, 6) is 1.46. The second kappa shape index (κ2) is 6.79. The van der Waals surface area contributed by atoms with Gasteiger partial charge in [-0.3, -0.25) is 0 Å². The number of benzene rings is 1. The maximum Gasteiger partial charge on any atom is 0.339 e. The number of rotatable bonds is 6. The van der Waals surface area contributed by atoms with Crippen LogP contribution in [0.4, 0.5) is 0 Å². The number of carboxylic acid groups (broad SMARTS) is 1. The third-order valence-electron chi connectivity index (χ3n) is 3.28. The molecular weight excluding hydrogens is 332 g/mol. The predicted octanol–water partition coefficient (Wildman–Crippen LogP) is 3.64. The van der Waals surface area contributed by atoms with Crippen LogP contribution in [0.1, 0.15) is 21.9 Å². The monoisotopic (exact) mass is 346 g/mol. The number of methoxy groups -OCH3 is 1. The number of furan rings is 1. The molecule has 2 heterocycles. The number of carbonyl (C=O) groups is 1. The lowest BCUT2D eigenvalue weighted by atomic mass is 10.2. The third-order valence-corrected chi connectivity index (χ3v) is 4.12. The number of hydrogen-bond acceptors (Lipinski definition) is 7. The van der Waals surface area contributed by atoms with E-state index >= 15 is 0 Å². The number of ether oxygens (including phenoxy) is 1. The molecule has 0 saturated heterocycles. The van der Waals surface area contributed by atoms with E-state index in [-0.39, 0.29) is 5.56 Å². The highest BCUT2D eigenvalue weighted by Crippen LogP contribution is 2.28. The van der Waals surface area contributed by atoms with Crippen LogP contribution in [0, 0.1) is 6.92 Å². The van der Waals surface area contributed by atoms with Crippen molar-refractivity contribution in [2.75, 3.05) is 7.11 Å². The topological polar surface area (TPSA) is 98.6 Å². The zero-order valence-corrected chi connectivity index (χ0v) is 13.8. The minimum absolute atomic E-state index is 0.162. The summed E-state index contributed by atoms with van der Waals surface area (Å²) in [5.41, 5.74) is 0.951. The highest BCUT2D eigenvalue weighted by Gasteiger charge is 2.15. The second-order valence-electron chi connectivity index (χ2n) is 4.88. The molecule has 24 heavy (non-hydrogen) atoms. The van der Waals surface area contributed by atoms with E-state index in [4.69, 9.17) is 18.7 Å². The molecule has 0 spiro atoms. The molecule has 0 atom stereocenters. The first-order valence-corrected chi connectivity index (χ1v) is 7.98. The molecule has 1 N–H and O–H groups in total. The molecule has 0 unspecified atom stereocenters. The van der Waals surface area contributed by atoms with Crippen LogP contribution in [0.5, 0.6) is 5.75 Å². The molecule has 3 rings (SSSR count). The molecule has 1 aromatic carbocycles. The first kappa shape index (κ1) is 16.1. The average molecular weight is 346 g/mol. The molecule has 2 aromatic heterocycles. The molecule has 0 radical (unpaired) electrons. The Morgan fingerprint density at radius 1 is 1.25 bits per heavy atom. The lowest BCUT2D eigenvalue weighted by molar-refractivity contribution is 0.0695. The Labute approximate surface area is 141 Å². The van der Waals surface area contributed by atoms with Crippen LogP contribution in [-0.2, 0) is 5.75 Å². The van der Waals surface area contributed by atoms with Crippen molar-refractivity contribution in [1.82, 2.24) is 10.2 Å². The molecule has 0 aliphatic carbocycles. The summed E-state index contributed by atoms with van der Waals surface area (Å²) in [4.78, 5) is 11.0. The Kier molecular flexibility index (Phi) is 4.57. The zero-order chi connectivity index (χ0) is 17.1. The van der Waals surface area contributed by atoms with E-state index < -0.39 is 5.97 Å². The van der Waals surface area contributed by atoms with E-state index in [0.717, 1.165) is 11.3 Å². The Morgan fingerprint density at radius 3 is 2.62 bits per heavy atom. The van der Waals surface area contributed by atoms with Crippen LogP contribution in [-0.4, -0.2) is 28.4 Å². The van der Waals surface area contributed by atoms with Crippen molar-refractivity contribution in [1.29, 1.82) is 0 Å². The molecule has 0 amide bonds. The summed E-state index contributed by atoms with van der Waals surface area (Å²) in [7, 11) is 1.60. The molecular formula is C16H14N2O5S. The van der Waals surface area contributed by atoms with Gasteiger partial charge in [-0.1, -0.05) is 11.8 Å². The summed E-state index contributed by atoms with van der Waals surface area (Å²) < 4.78 is 16.1. The standard InChI is InChI=1S/C16H14N2O5S/c1-9-13(15(19)20)7-12(22-9)8-24-16-18-17-14(23-16)10-3-5-11(21-2)6-4-10/h3-7H,8H2,1-2H3,(H,19,20). The molecule has 0 aliphatic heterocycles. The molecule has 8 heteroatoms. The largest absolute Gasteiger partial charge is 0.497 e. The molecule has 7 nitrogen and oxygen atoms in total. The van der Waals surface area contributed by atoms with Crippen molar-refractivity contribution < 1.29 is 23.5 Å². The minimum atomic E-state index is -1.01. The van der Waals surface area contributed by atoms with Crippen LogP contribution < -0.4 is 4.74 Å². The van der Waals surface area contributed by atoms with Gasteiger partial charge in [-0.05, 0) is 37.3 Å².